The van der Waals surface area contributed by atoms with Crippen molar-refractivity contribution in [2.75, 3.05) is 5.32 Å². The fourth-order valence-corrected chi connectivity index (χ4v) is 2.91. The van der Waals surface area contributed by atoms with Gasteiger partial charge in [-0.25, -0.2) is 13.5 Å². The number of aryl methyl sites for hydroxylation is 1. The Morgan fingerprint density at radius 1 is 1.23 bits per heavy atom. The number of nitrogens with one attached hydrogen (secondary N) is 1. The molecule has 9 heteroatoms. The highest BCUT2D eigenvalue weighted by Crippen LogP contribution is 2.25. The Morgan fingerprint density at radius 3 is 2.54 bits per heavy atom. The molecule has 2 heterocycles. The first-order valence-corrected chi connectivity index (χ1v) is 8.70. The lowest BCUT2D eigenvalue weighted by Gasteiger charge is -2.06. The molecular formula is C17H12BrClF2N4O. The zero-order chi connectivity index (χ0) is 18.7. The molecule has 3 aromatic rings. The molecule has 3 rings (SSSR count). The van der Waals surface area contributed by atoms with E-state index in [0.29, 0.717) is 15.9 Å². The number of carbonyl (C=O) groups is 1. The van der Waals surface area contributed by atoms with Crippen LogP contribution >= 0.6 is 27.5 Å². The molecule has 0 radical (unpaired) electrons. The zero-order valence-corrected chi connectivity index (χ0v) is 15.6. The van der Waals surface area contributed by atoms with Gasteiger partial charge in [-0.1, -0.05) is 11.6 Å². The lowest BCUT2D eigenvalue weighted by Crippen LogP contribution is -2.12. The van der Waals surface area contributed by atoms with Gasteiger partial charge in [0.2, 0.25) is 5.91 Å². The summed E-state index contributed by atoms with van der Waals surface area (Å²) in [5.74, 6) is -2.00. The zero-order valence-electron chi connectivity index (χ0n) is 13.2. The normalized spacial score (nSPS) is 10.8. The van der Waals surface area contributed by atoms with Gasteiger partial charge in [-0.15, -0.1) is 0 Å². The van der Waals surface area contributed by atoms with Gasteiger partial charge < -0.3 is 5.32 Å². The second-order valence-corrected chi connectivity index (χ2v) is 6.52. The van der Waals surface area contributed by atoms with E-state index in [9.17, 15) is 13.6 Å². The van der Waals surface area contributed by atoms with Crippen LogP contribution in [0, 0.1) is 11.6 Å². The van der Waals surface area contributed by atoms with E-state index < -0.39 is 16.7 Å². The maximum atomic E-state index is 13.4. The van der Waals surface area contributed by atoms with E-state index in [1.165, 1.54) is 6.20 Å². The lowest BCUT2D eigenvalue weighted by molar-refractivity contribution is -0.116. The molecule has 1 amide bonds. The maximum Gasteiger partial charge on any atom is 0.224 e. The van der Waals surface area contributed by atoms with Crippen LogP contribution in [0.25, 0.3) is 5.69 Å². The third kappa shape index (κ3) is 4.08. The number of rotatable bonds is 5. The number of halogens is 4. The summed E-state index contributed by atoms with van der Waals surface area (Å²) in [5.41, 5.74) is 1.62. The molecule has 26 heavy (non-hydrogen) atoms. The molecule has 1 N–H and O–H groups in total. The molecule has 134 valence electrons. The quantitative estimate of drug-likeness (QED) is 0.592. The van der Waals surface area contributed by atoms with Gasteiger partial charge in [-0.3, -0.25) is 9.78 Å². The largest absolute Gasteiger partial charge is 0.322 e. The smallest absolute Gasteiger partial charge is 0.224 e. The number of pyridine rings is 1. The van der Waals surface area contributed by atoms with Crippen LogP contribution in [0.1, 0.15) is 12.0 Å². The van der Waals surface area contributed by atoms with Crippen LogP contribution in [-0.4, -0.2) is 20.7 Å². The Bertz CT molecular complexity index is 926. The van der Waals surface area contributed by atoms with Crippen LogP contribution in [-0.2, 0) is 11.2 Å². The van der Waals surface area contributed by atoms with Crippen LogP contribution in [0.3, 0.4) is 0 Å². The molecule has 0 unspecified atom stereocenters. The lowest BCUT2D eigenvalue weighted by atomic mass is 10.1. The van der Waals surface area contributed by atoms with Gasteiger partial charge in [0.1, 0.15) is 21.3 Å². The van der Waals surface area contributed by atoms with E-state index in [4.69, 9.17) is 11.6 Å². The standard InChI is InChI=1S/C17H12BrClF2N4O/c18-17-14(9-23-25(17)11-3-5-22-6-4-11)24-15(26)2-1-10-7-12(20)16(19)13(21)8-10/h3-9H,1-2H2,(H,24,26). The van der Waals surface area contributed by atoms with E-state index in [0.717, 1.165) is 17.8 Å². The second kappa shape index (κ2) is 7.92. The van der Waals surface area contributed by atoms with Gasteiger partial charge in [-0.05, 0) is 52.2 Å². The van der Waals surface area contributed by atoms with Crippen molar-refractivity contribution in [1.29, 1.82) is 0 Å². The number of hydrogen-bond acceptors (Lipinski definition) is 3. The summed E-state index contributed by atoms with van der Waals surface area (Å²) >= 11 is 8.83. The molecule has 0 aliphatic heterocycles. The first-order chi connectivity index (χ1) is 12.5. The Balaban J connectivity index is 1.65. The summed E-state index contributed by atoms with van der Waals surface area (Å²) in [7, 11) is 0. The second-order valence-electron chi connectivity index (χ2n) is 5.39. The minimum atomic E-state index is -0.844. The first-order valence-electron chi connectivity index (χ1n) is 7.53. The fraction of sp³-hybridized carbons (Fsp3) is 0.118. The van der Waals surface area contributed by atoms with Gasteiger partial charge in [-0.2, -0.15) is 5.10 Å². The van der Waals surface area contributed by atoms with Crippen LogP contribution in [0.15, 0.2) is 47.5 Å². The van der Waals surface area contributed by atoms with E-state index in [-0.39, 0.29) is 18.7 Å². The van der Waals surface area contributed by atoms with Crippen molar-refractivity contribution in [2.45, 2.75) is 12.8 Å². The summed E-state index contributed by atoms with van der Waals surface area (Å²) < 4.78 is 29.0. The average Bonchev–Trinajstić information content (AvgIpc) is 2.99. The molecule has 0 saturated carbocycles. The van der Waals surface area contributed by atoms with E-state index in [1.807, 2.05) is 0 Å². The molecule has 5 nitrogen and oxygen atoms in total. The number of anilines is 1. The minimum Gasteiger partial charge on any atom is -0.322 e. The van der Waals surface area contributed by atoms with Gasteiger partial charge in [0.25, 0.3) is 0 Å². The van der Waals surface area contributed by atoms with Crippen LogP contribution in [0.2, 0.25) is 5.02 Å². The number of benzene rings is 1. The summed E-state index contributed by atoms with van der Waals surface area (Å²) in [6.07, 6.45) is 4.99. The molecule has 0 saturated heterocycles. The molecule has 0 fully saturated rings. The summed E-state index contributed by atoms with van der Waals surface area (Å²) in [4.78, 5) is 16.1. The molecule has 1 aromatic carbocycles. The van der Waals surface area contributed by atoms with E-state index in [1.54, 1.807) is 29.2 Å². The van der Waals surface area contributed by atoms with Crippen molar-refractivity contribution in [3.8, 4) is 5.69 Å². The Morgan fingerprint density at radius 2 is 1.88 bits per heavy atom. The van der Waals surface area contributed by atoms with Gasteiger partial charge >= 0.3 is 0 Å². The third-order valence-electron chi connectivity index (χ3n) is 3.58. The molecule has 0 bridgehead atoms. The highest BCUT2D eigenvalue weighted by atomic mass is 79.9. The maximum absolute atomic E-state index is 13.4. The Hall–Kier alpha value is -2.32. The fourth-order valence-electron chi connectivity index (χ4n) is 2.31. The van der Waals surface area contributed by atoms with Gasteiger partial charge in [0.05, 0.1) is 17.6 Å². The summed E-state index contributed by atoms with van der Waals surface area (Å²) in [6.45, 7) is 0. The number of hydrogen-bond donors (Lipinski definition) is 1. The minimum absolute atomic E-state index is 0.0490. The number of amides is 1. The predicted octanol–water partition coefficient (Wildman–Crippen LogP) is 4.53. The van der Waals surface area contributed by atoms with Crippen LogP contribution in [0.4, 0.5) is 14.5 Å². The molecular weight excluding hydrogens is 430 g/mol. The topological polar surface area (TPSA) is 59.8 Å². The number of aromatic nitrogens is 3. The summed E-state index contributed by atoms with van der Waals surface area (Å²) in [5, 5.41) is 6.37. The Labute approximate surface area is 161 Å². The monoisotopic (exact) mass is 440 g/mol. The first kappa shape index (κ1) is 18.5. The average molecular weight is 442 g/mol. The number of carbonyl (C=O) groups excluding carboxylic acids is 1. The van der Waals surface area contributed by atoms with E-state index in [2.05, 4.69) is 31.3 Å². The van der Waals surface area contributed by atoms with Crippen LogP contribution < -0.4 is 5.32 Å². The van der Waals surface area contributed by atoms with Crippen molar-refractivity contribution in [3.05, 3.63) is 69.7 Å². The number of nitrogens with zero attached hydrogens (tertiary/aromatic N) is 3. The highest BCUT2D eigenvalue weighted by Gasteiger charge is 2.14. The van der Waals surface area contributed by atoms with Crippen molar-refractivity contribution in [2.24, 2.45) is 0 Å². The van der Waals surface area contributed by atoms with Gasteiger partial charge in [0, 0.05) is 18.8 Å². The van der Waals surface area contributed by atoms with Gasteiger partial charge in [0.15, 0.2) is 0 Å². The summed E-state index contributed by atoms with van der Waals surface area (Å²) in [6, 6.07) is 5.78. The van der Waals surface area contributed by atoms with Crippen molar-refractivity contribution in [3.63, 3.8) is 0 Å². The van der Waals surface area contributed by atoms with Crippen molar-refractivity contribution >= 4 is 39.1 Å². The van der Waals surface area contributed by atoms with E-state index >= 15 is 0 Å². The van der Waals surface area contributed by atoms with Crippen molar-refractivity contribution < 1.29 is 13.6 Å². The molecule has 0 aliphatic carbocycles. The molecule has 0 spiro atoms. The SMILES string of the molecule is O=C(CCc1cc(F)c(Cl)c(F)c1)Nc1cnn(-c2ccncc2)c1Br. The third-order valence-corrected chi connectivity index (χ3v) is 4.70. The van der Waals surface area contributed by atoms with Crippen molar-refractivity contribution in [1.82, 2.24) is 14.8 Å². The predicted molar refractivity (Wildman–Crippen MR) is 97.4 cm³/mol. The highest BCUT2D eigenvalue weighted by molar-refractivity contribution is 9.10. The molecule has 0 atom stereocenters. The van der Waals surface area contributed by atoms with Crippen LogP contribution in [0.5, 0.6) is 0 Å². The molecule has 2 aromatic heterocycles. The Kier molecular flexibility index (Phi) is 5.63. The molecule has 0 aliphatic rings.